The van der Waals surface area contributed by atoms with Gasteiger partial charge in [-0.1, -0.05) is 0 Å². The van der Waals surface area contributed by atoms with Crippen molar-refractivity contribution in [3.8, 4) is 0 Å². The zero-order valence-corrected chi connectivity index (χ0v) is 12.3. The molecule has 110 valence electrons. The fraction of sp³-hybridized carbons (Fsp3) is 0.643. The van der Waals surface area contributed by atoms with Crippen LogP contribution in [0.3, 0.4) is 0 Å². The Kier molecular flexibility index (Phi) is 4.42. The lowest BCUT2D eigenvalue weighted by atomic mass is 9.93. The Morgan fingerprint density at radius 3 is 2.55 bits per heavy atom. The van der Waals surface area contributed by atoms with Crippen molar-refractivity contribution in [2.24, 2.45) is 13.0 Å². The van der Waals surface area contributed by atoms with E-state index in [1.807, 2.05) is 24.9 Å². The Balaban J connectivity index is 1.90. The highest BCUT2D eigenvalue weighted by Crippen LogP contribution is 2.22. The number of piperidine rings is 1. The average Bonchev–Trinajstić information content (AvgIpc) is 2.78. The van der Waals surface area contributed by atoms with Gasteiger partial charge < -0.3 is 9.64 Å². The van der Waals surface area contributed by atoms with Gasteiger partial charge in [0, 0.05) is 32.3 Å². The summed E-state index contributed by atoms with van der Waals surface area (Å²) in [4.78, 5) is 25.4. The first-order chi connectivity index (χ1) is 9.51. The summed E-state index contributed by atoms with van der Waals surface area (Å²) in [6.07, 6.45) is 2.13. The first-order valence-electron chi connectivity index (χ1n) is 6.88. The van der Waals surface area contributed by atoms with Crippen molar-refractivity contribution in [2.75, 3.05) is 20.2 Å². The van der Waals surface area contributed by atoms with Crippen molar-refractivity contribution >= 4 is 11.9 Å². The number of esters is 1. The van der Waals surface area contributed by atoms with Crippen molar-refractivity contribution < 1.29 is 14.3 Å². The minimum atomic E-state index is -0.171. The highest BCUT2D eigenvalue weighted by atomic mass is 16.5. The summed E-state index contributed by atoms with van der Waals surface area (Å²) in [6, 6.07) is 1.81. The summed E-state index contributed by atoms with van der Waals surface area (Å²) in [6.45, 7) is 3.28. The third-order valence-electron chi connectivity index (χ3n) is 3.92. The molecule has 20 heavy (non-hydrogen) atoms. The van der Waals surface area contributed by atoms with Crippen LogP contribution in [0.1, 0.15) is 35.4 Å². The maximum atomic E-state index is 12.3. The molecule has 6 nitrogen and oxygen atoms in total. The van der Waals surface area contributed by atoms with E-state index in [1.165, 1.54) is 7.11 Å². The number of aromatic nitrogens is 2. The fourth-order valence-corrected chi connectivity index (χ4v) is 2.49. The van der Waals surface area contributed by atoms with E-state index in [1.54, 1.807) is 4.68 Å². The van der Waals surface area contributed by atoms with E-state index in [9.17, 15) is 9.59 Å². The molecule has 2 heterocycles. The molecule has 0 N–H and O–H groups in total. The Morgan fingerprint density at radius 2 is 2.05 bits per heavy atom. The lowest BCUT2D eigenvalue weighted by Gasteiger charge is -2.31. The van der Waals surface area contributed by atoms with E-state index in [2.05, 4.69) is 9.84 Å². The van der Waals surface area contributed by atoms with Gasteiger partial charge in [0.2, 0.25) is 0 Å². The lowest BCUT2D eigenvalue weighted by Crippen LogP contribution is -2.39. The number of hydrogen-bond donors (Lipinski definition) is 0. The Hall–Kier alpha value is -1.85. The molecule has 0 unspecified atom stereocenters. The van der Waals surface area contributed by atoms with Crippen LogP contribution in [0, 0.1) is 12.8 Å². The van der Waals surface area contributed by atoms with Gasteiger partial charge in [-0.05, 0) is 31.7 Å². The maximum absolute atomic E-state index is 12.3. The van der Waals surface area contributed by atoms with Crippen molar-refractivity contribution in [3.63, 3.8) is 0 Å². The number of ether oxygens (including phenoxy) is 1. The third kappa shape index (κ3) is 3.18. The zero-order chi connectivity index (χ0) is 14.7. The number of amides is 1. The van der Waals surface area contributed by atoms with Crippen molar-refractivity contribution in [1.82, 2.24) is 14.7 Å². The largest absolute Gasteiger partial charge is 0.469 e. The number of hydrogen-bond acceptors (Lipinski definition) is 4. The standard InChI is InChI=1S/C14H21N3O3/c1-10-8-12(15-16(10)2)14(19)17-6-4-11(5-7-17)9-13(18)20-3/h8,11H,4-7,9H2,1-3H3. The highest BCUT2D eigenvalue weighted by molar-refractivity contribution is 5.92. The molecule has 0 radical (unpaired) electrons. The molecule has 0 saturated carbocycles. The van der Waals surface area contributed by atoms with E-state index in [4.69, 9.17) is 0 Å². The van der Waals surface area contributed by atoms with E-state index in [0.29, 0.717) is 31.1 Å². The molecule has 0 spiro atoms. The van der Waals surface area contributed by atoms with Crippen LogP contribution >= 0.6 is 0 Å². The number of likely N-dealkylation sites (tertiary alicyclic amines) is 1. The summed E-state index contributed by atoms with van der Waals surface area (Å²) >= 11 is 0. The molecule has 1 aliphatic heterocycles. The second-order valence-corrected chi connectivity index (χ2v) is 5.31. The monoisotopic (exact) mass is 279 g/mol. The molecule has 1 aromatic rings. The summed E-state index contributed by atoms with van der Waals surface area (Å²) < 4.78 is 6.39. The van der Waals surface area contributed by atoms with Gasteiger partial charge in [0.15, 0.2) is 5.69 Å². The number of aryl methyl sites for hydroxylation is 2. The molecule has 2 rings (SSSR count). The molecule has 6 heteroatoms. The second kappa shape index (κ2) is 6.07. The predicted molar refractivity (Wildman–Crippen MR) is 73.2 cm³/mol. The predicted octanol–water partition coefficient (Wildman–Crippen LogP) is 1.14. The van der Waals surface area contributed by atoms with E-state index >= 15 is 0 Å². The first kappa shape index (κ1) is 14.6. The van der Waals surface area contributed by atoms with E-state index < -0.39 is 0 Å². The number of methoxy groups -OCH3 is 1. The summed E-state index contributed by atoms with van der Waals surface area (Å²) in [5, 5.41) is 4.22. The van der Waals surface area contributed by atoms with Gasteiger partial charge in [0.1, 0.15) is 0 Å². The Bertz CT molecular complexity index is 482. The van der Waals surface area contributed by atoms with Gasteiger partial charge >= 0.3 is 5.97 Å². The molecule has 1 amide bonds. The molecular formula is C14H21N3O3. The van der Waals surface area contributed by atoms with Crippen LogP contribution < -0.4 is 0 Å². The molecule has 0 aromatic carbocycles. The van der Waals surface area contributed by atoms with Crippen LogP contribution in [-0.2, 0) is 16.6 Å². The normalized spacial score (nSPS) is 16.2. The Morgan fingerprint density at radius 1 is 1.40 bits per heavy atom. The average molecular weight is 279 g/mol. The van der Waals surface area contributed by atoms with Crippen LogP contribution in [-0.4, -0.2) is 46.8 Å². The van der Waals surface area contributed by atoms with E-state index in [-0.39, 0.29) is 11.9 Å². The summed E-state index contributed by atoms with van der Waals surface area (Å²) in [5.74, 6) is 0.123. The molecule has 1 fully saturated rings. The molecule has 1 aliphatic rings. The van der Waals surface area contributed by atoms with Gasteiger partial charge in [-0.15, -0.1) is 0 Å². The second-order valence-electron chi connectivity index (χ2n) is 5.31. The quantitative estimate of drug-likeness (QED) is 0.778. The highest BCUT2D eigenvalue weighted by Gasteiger charge is 2.26. The number of carbonyl (C=O) groups excluding carboxylic acids is 2. The first-order valence-corrected chi connectivity index (χ1v) is 6.88. The number of rotatable bonds is 3. The van der Waals surface area contributed by atoms with Gasteiger partial charge in [-0.3, -0.25) is 14.3 Å². The van der Waals surface area contributed by atoms with Gasteiger partial charge in [-0.2, -0.15) is 5.10 Å². The lowest BCUT2D eigenvalue weighted by molar-refractivity contribution is -0.142. The fourth-order valence-electron chi connectivity index (χ4n) is 2.49. The SMILES string of the molecule is COC(=O)CC1CCN(C(=O)c2cc(C)n(C)n2)CC1. The van der Waals surface area contributed by atoms with Crippen LogP contribution in [0.5, 0.6) is 0 Å². The molecule has 1 aromatic heterocycles. The maximum Gasteiger partial charge on any atom is 0.305 e. The van der Waals surface area contributed by atoms with Gasteiger partial charge in [0.05, 0.1) is 7.11 Å². The number of nitrogens with zero attached hydrogens (tertiary/aromatic N) is 3. The van der Waals surface area contributed by atoms with Crippen LogP contribution in [0.25, 0.3) is 0 Å². The minimum absolute atomic E-state index is 0.0229. The Labute approximate surface area is 118 Å². The summed E-state index contributed by atoms with van der Waals surface area (Å²) in [7, 11) is 3.24. The molecule has 0 bridgehead atoms. The number of carbonyl (C=O) groups is 2. The van der Waals surface area contributed by atoms with Gasteiger partial charge in [0.25, 0.3) is 5.91 Å². The van der Waals surface area contributed by atoms with Crippen LogP contribution in [0.4, 0.5) is 0 Å². The molecular weight excluding hydrogens is 258 g/mol. The molecule has 1 saturated heterocycles. The summed E-state index contributed by atoms with van der Waals surface area (Å²) in [5.41, 5.74) is 1.46. The molecule has 0 aliphatic carbocycles. The zero-order valence-electron chi connectivity index (χ0n) is 12.3. The topological polar surface area (TPSA) is 64.4 Å². The minimum Gasteiger partial charge on any atom is -0.469 e. The van der Waals surface area contributed by atoms with Crippen LogP contribution in [0.15, 0.2) is 6.07 Å². The van der Waals surface area contributed by atoms with Crippen molar-refractivity contribution in [1.29, 1.82) is 0 Å². The molecule has 0 atom stereocenters. The van der Waals surface area contributed by atoms with Crippen molar-refractivity contribution in [2.45, 2.75) is 26.2 Å². The third-order valence-corrected chi connectivity index (χ3v) is 3.92. The smallest absolute Gasteiger partial charge is 0.305 e. The van der Waals surface area contributed by atoms with Crippen LogP contribution in [0.2, 0.25) is 0 Å². The van der Waals surface area contributed by atoms with Gasteiger partial charge in [-0.25, -0.2) is 0 Å². The van der Waals surface area contributed by atoms with E-state index in [0.717, 1.165) is 18.5 Å². The van der Waals surface area contributed by atoms with Crippen molar-refractivity contribution in [3.05, 3.63) is 17.5 Å².